The van der Waals surface area contributed by atoms with Crippen LogP contribution in [0.5, 0.6) is 5.75 Å². The molecule has 1 aromatic carbocycles. The van der Waals surface area contributed by atoms with E-state index in [-0.39, 0.29) is 0 Å². The Labute approximate surface area is 128 Å². The molecule has 0 bridgehead atoms. The molecule has 0 N–H and O–H groups in total. The van der Waals surface area contributed by atoms with Crippen LogP contribution >= 0.6 is 0 Å². The molecule has 1 aromatic heterocycles. The number of methoxy groups -OCH3 is 1. The lowest BCUT2D eigenvalue weighted by molar-refractivity contribution is -0.696. The van der Waals surface area contributed by atoms with Gasteiger partial charge < -0.3 is 4.74 Å². The minimum absolute atomic E-state index is 0.623. The van der Waals surface area contributed by atoms with Gasteiger partial charge in [0.25, 0.3) is 5.82 Å². The minimum atomic E-state index is 0.623. The summed E-state index contributed by atoms with van der Waals surface area (Å²) in [7, 11) is 1.71. The lowest BCUT2D eigenvalue weighted by Gasteiger charge is -2.08. The van der Waals surface area contributed by atoms with Crippen LogP contribution in [0.1, 0.15) is 32.2 Å². The summed E-state index contributed by atoms with van der Waals surface area (Å²) in [6.07, 6.45) is 0. The van der Waals surface area contributed by atoms with E-state index in [9.17, 15) is 0 Å². The van der Waals surface area contributed by atoms with Gasteiger partial charge in [0.2, 0.25) is 0 Å². The lowest BCUT2D eigenvalue weighted by atomic mass is 10.1. The van der Waals surface area contributed by atoms with E-state index < -0.39 is 0 Å². The molecule has 0 saturated carbocycles. The second-order valence-corrected chi connectivity index (χ2v) is 5.97. The molecular formula is C18H27N2O+. The largest absolute Gasteiger partial charge is 0.497 e. The average molecular weight is 287 g/mol. The van der Waals surface area contributed by atoms with Crippen molar-refractivity contribution in [2.45, 2.75) is 47.7 Å². The standard InChI is InChI=1S/C18H27N2O/c1-7-19-14(4)15(5)20(12-13(2)3)18(19)16-8-10-17(21-6)11-9-16/h8-11,13H,7,12H2,1-6H3/q+1. The van der Waals surface area contributed by atoms with E-state index in [1.807, 2.05) is 12.1 Å². The third kappa shape index (κ3) is 2.97. The molecule has 0 aliphatic heterocycles. The summed E-state index contributed by atoms with van der Waals surface area (Å²) in [5.41, 5.74) is 3.95. The van der Waals surface area contributed by atoms with Gasteiger partial charge in [-0.2, -0.15) is 0 Å². The second-order valence-electron chi connectivity index (χ2n) is 5.97. The first kappa shape index (κ1) is 15.6. The average Bonchev–Trinajstić information content (AvgIpc) is 2.71. The van der Waals surface area contributed by atoms with Crippen molar-refractivity contribution in [2.24, 2.45) is 5.92 Å². The monoisotopic (exact) mass is 287 g/mol. The Bertz CT molecular complexity index is 609. The molecule has 0 saturated heterocycles. The van der Waals surface area contributed by atoms with Crippen molar-refractivity contribution >= 4 is 0 Å². The third-order valence-electron chi connectivity index (χ3n) is 4.06. The van der Waals surface area contributed by atoms with Gasteiger partial charge in [-0.05, 0) is 37.1 Å². The number of nitrogens with zero attached hydrogens (tertiary/aromatic N) is 2. The predicted octanol–water partition coefficient (Wildman–Crippen LogP) is 3.74. The van der Waals surface area contributed by atoms with Crippen LogP contribution in [0.3, 0.4) is 0 Å². The van der Waals surface area contributed by atoms with Gasteiger partial charge in [0.05, 0.1) is 25.8 Å². The van der Waals surface area contributed by atoms with E-state index in [0.717, 1.165) is 18.8 Å². The van der Waals surface area contributed by atoms with Crippen LogP contribution in [0.15, 0.2) is 24.3 Å². The maximum absolute atomic E-state index is 5.27. The van der Waals surface area contributed by atoms with Crippen molar-refractivity contribution in [3.05, 3.63) is 35.7 Å². The molecule has 3 nitrogen and oxygen atoms in total. The van der Waals surface area contributed by atoms with E-state index in [1.165, 1.54) is 22.8 Å². The van der Waals surface area contributed by atoms with Gasteiger partial charge in [0, 0.05) is 13.8 Å². The number of aromatic nitrogens is 2. The maximum atomic E-state index is 5.27. The first-order valence-electron chi connectivity index (χ1n) is 7.73. The molecule has 0 aliphatic rings. The molecule has 0 radical (unpaired) electrons. The number of imidazole rings is 1. The molecule has 2 rings (SSSR count). The SMILES string of the molecule is CCn1c(C)c(C)[n+](CC(C)C)c1-c1ccc(OC)cc1. The van der Waals surface area contributed by atoms with Crippen LogP contribution < -0.4 is 9.30 Å². The fraction of sp³-hybridized carbons (Fsp3) is 0.500. The highest BCUT2D eigenvalue weighted by Crippen LogP contribution is 2.23. The molecule has 0 fully saturated rings. The topological polar surface area (TPSA) is 18.0 Å². The first-order valence-corrected chi connectivity index (χ1v) is 7.73. The van der Waals surface area contributed by atoms with Crippen LogP contribution in [0.25, 0.3) is 11.4 Å². The zero-order valence-electron chi connectivity index (χ0n) is 14.1. The lowest BCUT2D eigenvalue weighted by Crippen LogP contribution is -2.40. The summed E-state index contributed by atoms with van der Waals surface area (Å²) >= 11 is 0. The van der Waals surface area contributed by atoms with Crippen LogP contribution in [0.2, 0.25) is 0 Å². The van der Waals surface area contributed by atoms with Gasteiger partial charge in [0.1, 0.15) is 17.1 Å². The number of benzene rings is 1. The van der Waals surface area contributed by atoms with E-state index in [2.05, 4.69) is 55.9 Å². The molecule has 1 heterocycles. The highest BCUT2D eigenvalue weighted by Gasteiger charge is 2.26. The highest BCUT2D eigenvalue weighted by molar-refractivity contribution is 5.55. The predicted molar refractivity (Wildman–Crippen MR) is 86.6 cm³/mol. The number of ether oxygens (including phenoxy) is 1. The molecule has 2 aromatic rings. The maximum Gasteiger partial charge on any atom is 0.289 e. The highest BCUT2D eigenvalue weighted by atomic mass is 16.5. The Morgan fingerprint density at radius 2 is 1.76 bits per heavy atom. The van der Waals surface area contributed by atoms with Crippen LogP contribution in [0.4, 0.5) is 0 Å². The summed E-state index contributed by atoms with van der Waals surface area (Å²) in [6, 6.07) is 8.37. The van der Waals surface area contributed by atoms with Crippen molar-refractivity contribution in [3.63, 3.8) is 0 Å². The van der Waals surface area contributed by atoms with Crippen LogP contribution in [0, 0.1) is 19.8 Å². The van der Waals surface area contributed by atoms with Gasteiger partial charge >= 0.3 is 0 Å². The van der Waals surface area contributed by atoms with E-state index in [1.54, 1.807) is 7.11 Å². The van der Waals surface area contributed by atoms with E-state index in [4.69, 9.17) is 4.74 Å². The number of hydrogen-bond acceptors (Lipinski definition) is 1. The minimum Gasteiger partial charge on any atom is -0.497 e. The van der Waals surface area contributed by atoms with Crippen molar-refractivity contribution < 1.29 is 9.30 Å². The fourth-order valence-electron chi connectivity index (χ4n) is 2.88. The quantitative estimate of drug-likeness (QED) is 0.766. The first-order chi connectivity index (χ1) is 9.99. The molecule has 0 amide bonds. The van der Waals surface area contributed by atoms with Crippen LogP contribution in [-0.2, 0) is 13.1 Å². The summed E-state index contributed by atoms with van der Waals surface area (Å²) in [5, 5.41) is 0. The molecular weight excluding hydrogens is 260 g/mol. The zero-order valence-corrected chi connectivity index (χ0v) is 14.1. The second kappa shape index (κ2) is 6.33. The van der Waals surface area contributed by atoms with Crippen molar-refractivity contribution in [1.29, 1.82) is 0 Å². The Hall–Kier alpha value is -1.77. The Kier molecular flexibility index (Phi) is 4.71. The Morgan fingerprint density at radius 3 is 2.24 bits per heavy atom. The molecule has 21 heavy (non-hydrogen) atoms. The fourth-order valence-corrected chi connectivity index (χ4v) is 2.88. The molecule has 3 heteroatoms. The summed E-state index contributed by atoms with van der Waals surface area (Å²) in [4.78, 5) is 0. The Balaban J connectivity index is 2.60. The van der Waals surface area contributed by atoms with Crippen molar-refractivity contribution in [2.75, 3.05) is 7.11 Å². The molecule has 0 atom stereocenters. The summed E-state index contributed by atoms with van der Waals surface area (Å²) in [6.45, 7) is 13.2. The van der Waals surface area contributed by atoms with E-state index >= 15 is 0 Å². The van der Waals surface area contributed by atoms with Crippen molar-refractivity contribution in [3.8, 4) is 17.1 Å². The third-order valence-corrected chi connectivity index (χ3v) is 4.06. The van der Waals surface area contributed by atoms with Gasteiger partial charge in [-0.1, -0.05) is 13.8 Å². The van der Waals surface area contributed by atoms with Crippen molar-refractivity contribution in [1.82, 2.24) is 4.57 Å². The summed E-state index contributed by atoms with van der Waals surface area (Å²) < 4.78 is 10.1. The Morgan fingerprint density at radius 1 is 1.14 bits per heavy atom. The van der Waals surface area contributed by atoms with E-state index in [0.29, 0.717) is 5.92 Å². The van der Waals surface area contributed by atoms with Gasteiger partial charge in [-0.25, -0.2) is 9.13 Å². The number of rotatable bonds is 5. The van der Waals surface area contributed by atoms with Crippen LogP contribution in [-0.4, -0.2) is 11.7 Å². The molecule has 114 valence electrons. The smallest absolute Gasteiger partial charge is 0.289 e. The summed E-state index contributed by atoms with van der Waals surface area (Å²) in [5.74, 6) is 2.82. The zero-order chi connectivity index (χ0) is 15.6. The van der Waals surface area contributed by atoms with Gasteiger partial charge in [-0.3, -0.25) is 0 Å². The molecule has 0 aliphatic carbocycles. The number of hydrogen-bond donors (Lipinski definition) is 0. The molecule has 0 spiro atoms. The normalized spacial score (nSPS) is 11.2. The van der Waals surface area contributed by atoms with Gasteiger partial charge in [0.15, 0.2) is 0 Å². The molecule has 0 unspecified atom stereocenters. The van der Waals surface area contributed by atoms with Gasteiger partial charge in [-0.15, -0.1) is 0 Å².